The van der Waals surface area contributed by atoms with Crippen molar-refractivity contribution < 1.29 is 8.42 Å². The lowest BCUT2D eigenvalue weighted by Crippen LogP contribution is -2.12. The van der Waals surface area contributed by atoms with Crippen molar-refractivity contribution >= 4 is 28.1 Å². The molecule has 0 spiro atoms. The average molecular weight is 223 g/mol. The fourth-order valence-electron chi connectivity index (χ4n) is 0.829. The summed E-state index contributed by atoms with van der Waals surface area (Å²) in [4.78, 5) is 0.120. The molecule has 74 valence electrons. The van der Waals surface area contributed by atoms with Crippen LogP contribution >= 0.6 is 12.4 Å². The molecule has 0 unspecified atom stereocenters. The van der Waals surface area contributed by atoms with E-state index in [1.165, 1.54) is 12.1 Å². The predicted octanol–water partition coefficient (Wildman–Crippen LogP) is 0.797. The number of sulfonamides is 1. The van der Waals surface area contributed by atoms with Crippen molar-refractivity contribution in [1.29, 1.82) is 0 Å². The van der Waals surface area contributed by atoms with Crippen molar-refractivity contribution in [2.24, 2.45) is 5.14 Å². The largest absolute Gasteiger partial charge is 0.388 e. The van der Waals surface area contributed by atoms with Crippen LogP contribution in [0.3, 0.4) is 0 Å². The van der Waals surface area contributed by atoms with E-state index in [2.05, 4.69) is 5.32 Å². The molecule has 0 heterocycles. The van der Waals surface area contributed by atoms with E-state index in [0.29, 0.717) is 0 Å². The zero-order valence-electron chi connectivity index (χ0n) is 7.02. The van der Waals surface area contributed by atoms with E-state index in [1.54, 1.807) is 19.2 Å². The van der Waals surface area contributed by atoms with Gasteiger partial charge in [-0.1, -0.05) is 6.07 Å². The van der Waals surface area contributed by atoms with Crippen LogP contribution in [0.1, 0.15) is 0 Å². The van der Waals surface area contributed by atoms with Gasteiger partial charge in [0.25, 0.3) is 0 Å². The second kappa shape index (κ2) is 4.45. The minimum atomic E-state index is -3.58. The van der Waals surface area contributed by atoms with Crippen molar-refractivity contribution in [2.75, 3.05) is 12.4 Å². The Bertz CT molecular complexity index is 378. The van der Waals surface area contributed by atoms with Crippen LogP contribution in [-0.4, -0.2) is 15.5 Å². The van der Waals surface area contributed by atoms with E-state index in [4.69, 9.17) is 5.14 Å². The quantitative estimate of drug-likeness (QED) is 0.778. The average Bonchev–Trinajstić information content (AvgIpc) is 2.03. The SMILES string of the molecule is CNc1cccc(S(N)(=O)=O)c1.Cl. The third-order valence-corrected chi connectivity index (χ3v) is 2.36. The minimum Gasteiger partial charge on any atom is -0.388 e. The molecular weight excluding hydrogens is 212 g/mol. The predicted molar refractivity (Wildman–Crippen MR) is 54.6 cm³/mol. The van der Waals surface area contributed by atoms with Gasteiger partial charge in [0.1, 0.15) is 0 Å². The number of nitrogens with one attached hydrogen (secondary N) is 1. The number of benzene rings is 1. The molecule has 0 saturated carbocycles. The number of halogens is 1. The molecule has 0 aliphatic heterocycles. The zero-order valence-corrected chi connectivity index (χ0v) is 8.65. The molecule has 4 nitrogen and oxygen atoms in total. The highest BCUT2D eigenvalue weighted by Gasteiger charge is 2.06. The molecule has 3 N–H and O–H groups in total. The number of rotatable bonds is 2. The summed E-state index contributed by atoms with van der Waals surface area (Å²) in [6, 6.07) is 6.33. The lowest BCUT2D eigenvalue weighted by molar-refractivity contribution is 0.598. The highest BCUT2D eigenvalue weighted by atomic mass is 35.5. The van der Waals surface area contributed by atoms with Crippen molar-refractivity contribution in [2.45, 2.75) is 4.90 Å². The van der Waals surface area contributed by atoms with Gasteiger partial charge in [-0.3, -0.25) is 0 Å². The second-order valence-electron chi connectivity index (χ2n) is 2.32. The molecule has 0 aliphatic carbocycles. The summed E-state index contributed by atoms with van der Waals surface area (Å²) < 4.78 is 21.7. The zero-order chi connectivity index (χ0) is 9.19. The lowest BCUT2D eigenvalue weighted by atomic mass is 10.3. The molecule has 0 atom stereocenters. The molecular formula is C7H11ClN2O2S. The highest BCUT2D eigenvalue weighted by molar-refractivity contribution is 7.89. The van der Waals surface area contributed by atoms with Gasteiger partial charge in [-0.25, -0.2) is 13.6 Å². The standard InChI is InChI=1S/C7H10N2O2S.ClH/c1-9-6-3-2-4-7(5-6)12(8,10)11;/h2-5,9H,1H3,(H2,8,10,11);1H. The van der Waals surface area contributed by atoms with E-state index >= 15 is 0 Å². The van der Waals surface area contributed by atoms with Crippen molar-refractivity contribution in [3.63, 3.8) is 0 Å². The topological polar surface area (TPSA) is 72.2 Å². The maximum atomic E-state index is 10.9. The summed E-state index contributed by atoms with van der Waals surface area (Å²) in [7, 11) is -1.86. The van der Waals surface area contributed by atoms with E-state index in [0.717, 1.165) is 5.69 Å². The number of hydrogen-bond acceptors (Lipinski definition) is 3. The molecule has 0 bridgehead atoms. The van der Waals surface area contributed by atoms with Gasteiger partial charge in [0, 0.05) is 12.7 Å². The molecule has 0 fully saturated rings. The summed E-state index contributed by atoms with van der Waals surface area (Å²) in [6.07, 6.45) is 0. The summed E-state index contributed by atoms with van der Waals surface area (Å²) >= 11 is 0. The fraction of sp³-hybridized carbons (Fsp3) is 0.143. The molecule has 1 aromatic rings. The number of hydrogen-bond donors (Lipinski definition) is 2. The van der Waals surface area contributed by atoms with Gasteiger partial charge in [0.2, 0.25) is 10.0 Å². The Labute approximate surface area is 83.6 Å². The molecule has 0 aromatic heterocycles. The Balaban J connectivity index is 0.00000144. The molecule has 1 rings (SSSR count). The van der Waals surface area contributed by atoms with Crippen LogP contribution in [0.15, 0.2) is 29.2 Å². The Morgan fingerprint density at radius 1 is 1.38 bits per heavy atom. The smallest absolute Gasteiger partial charge is 0.238 e. The first-order chi connectivity index (χ1) is 5.54. The Hall–Kier alpha value is -0.780. The normalized spacial score (nSPS) is 10.3. The Morgan fingerprint density at radius 3 is 2.46 bits per heavy atom. The third kappa shape index (κ3) is 3.22. The van der Waals surface area contributed by atoms with Crippen molar-refractivity contribution in [1.82, 2.24) is 0 Å². The lowest BCUT2D eigenvalue weighted by Gasteiger charge is -2.01. The number of anilines is 1. The van der Waals surface area contributed by atoms with Gasteiger partial charge in [-0.05, 0) is 18.2 Å². The summed E-state index contributed by atoms with van der Waals surface area (Å²) in [5, 5.41) is 7.74. The van der Waals surface area contributed by atoms with Crippen LogP contribution in [0, 0.1) is 0 Å². The molecule has 6 heteroatoms. The van der Waals surface area contributed by atoms with Crippen molar-refractivity contribution in [3.05, 3.63) is 24.3 Å². The van der Waals surface area contributed by atoms with Crippen LogP contribution in [-0.2, 0) is 10.0 Å². The molecule has 1 aromatic carbocycles. The summed E-state index contributed by atoms with van der Waals surface area (Å²) in [5.41, 5.74) is 0.724. The van der Waals surface area contributed by atoms with Crippen LogP contribution < -0.4 is 10.5 Å². The maximum Gasteiger partial charge on any atom is 0.238 e. The second-order valence-corrected chi connectivity index (χ2v) is 3.88. The fourth-order valence-corrected chi connectivity index (χ4v) is 1.39. The van der Waals surface area contributed by atoms with Crippen LogP contribution in [0.4, 0.5) is 5.69 Å². The van der Waals surface area contributed by atoms with Crippen LogP contribution in [0.25, 0.3) is 0 Å². The van der Waals surface area contributed by atoms with Gasteiger partial charge < -0.3 is 5.32 Å². The van der Waals surface area contributed by atoms with E-state index < -0.39 is 10.0 Å². The molecule has 0 saturated heterocycles. The number of primary sulfonamides is 1. The monoisotopic (exact) mass is 222 g/mol. The first kappa shape index (κ1) is 12.2. The van der Waals surface area contributed by atoms with E-state index in [-0.39, 0.29) is 17.3 Å². The first-order valence-electron chi connectivity index (χ1n) is 3.34. The van der Waals surface area contributed by atoms with Gasteiger partial charge in [-0.15, -0.1) is 12.4 Å². The third-order valence-electron chi connectivity index (χ3n) is 1.45. The molecule has 0 aliphatic rings. The van der Waals surface area contributed by atoms with Crippen LogP contribution in [0.2, 0.25) is 0 Å². The van der Waals surface area contributed by atoms with Crippen molar-refractivity contribution in [3.8, 4) is 0 Å². The summed E-state index contributed by atoms with van der Waals surface area (Å²) in [6.45, 7) is 0. The van der Waals surface area contributed by atoms with Gasteiger partial charge in [0.15, 0.2) is 0 Å². The molecule has 13 heavy (non-hydrogen) atoms. The highest BCUT2D eigenvalue weighted by Crippen LogP contribution is 2.12. The Kier molecular flexibility index (Phi) is 4.19. The molecule has 0 radical (unpaired) electrons. The van der Waals surface area contributed by atoms with Crippen LogP contribution in [0.5, 0.6) is 0 Å². The Morgan fingerprint density at radius 2 is 2.00 bits per heavy atom. The summed E-state index contributed by atoms with van der Waals surface area (Å²) in [5.74, 6) is 0. The van der Waals surface area contributed by atoms with Gasteiger partial charge >= 0.3 is 0 Å². The number of nitrogens with two attached hydrogens (primary N) is 1. The van der Waals surface area contributed by atoms with E-state index in [1.807, 2.05) is 0 Å². The van der Waals surface area contributed by atoms with Gasteiger partial charge in [-0.2, -0.15) is 0 Å². The first-order valence-corrected chi connectivity index (χ1v) is 4.89. The molecule has 0 amide bonds. The maximum absolute atomic E-state index is 10.9. The van der Waals surface area contributed by atoms with E-state index in [9.17, 15) is 8.42 Å². The van der Waals surface area contributed by atoms with Gasteiger partial charge in [0.05, 0.1) is 4.90 Å². The minimum absolute atomic E-state index is 0.